The minimum Gasteiger partial charge on any atom is -0.299 e. The van der Waals surface area contributed by atoms with Crippen LogP contribution in [0.25, 0.3) is 5.69 Å². The van der Waals surface area contributed by atoms with Crippen molar-refractivity contribution < 1.29 is 8.42 Å². The lowest BCUT2D eigenvalue weighted by atomic mass is 10.0. The molecule has 1 saturated heterocycles. The number of sulfonamides is 1. The Morgan fingerprint density at radius 1 is 1.29 bits per heavy atom. The summed E-state index contributed by atoms with van der Waals surface area (Å²) in [5.41, 5.74) is 3.62. The molecule has 0 saturated carbocycles. The number of hydrogen-bond acceptors (Lipinski definition) is 4. The summed E-state index contributed by atoms with van der Waals surface area (Å²) in [5, 5.41) is 4.26. The van der Waals surface area contributed by atoms with Crippen LogP contribution in [0.2, 0.25) is 0 Å². The van der Waals surface area contributed by atoms with Crippen molar-refractivity contribution in [3.63, 3.8) is 0 Å². The third kappa shape index (κ3) is 4.43. The standard InChI is InChI=1S/C17H24N4O2S/c1-14-12-17(21-9-3-8-18-21)5-4-15(14)13-20-10-6-16(7-11-20)19-24(2,22)23/h3-5,8-9,12,16,19H,6-7,10-11,13H2,1-2H3. The van der Waals surface area contributed by atoms with Crippen molar-refractivity contribution in [2.75, 3.05) is 19.3 Å². The van der Waals surface area contributed by atoms with E-state index in [1.165, 1.54) is 17.4 Å². The summed E-state index contributed by atoms with van der Waals surface area (Å²) in [5.74, 6) is 0. The van der Waals surface area contributed by atoms with Gasteiger partial charge in [-0.25, -0.2) is 17.8 Å². The molecule has 1 aliphatic rings. The van der Waals surface area contributed by atoms with Gasteiger partial charge in [0.05, 0.1) is 11.9 Å². The van der Waals surface area contributed by atoms with Crippen LogP contribution in [-0.4, -0.2) is 48.5 Å². The molecule has 0 amide bonds. The molecular weight excluding hydrogens is 324 g/mol. The molecule has 0 bridgehead atoms. The first-order valence-corrected chi connectivity index (χ1v) is 10.1. The fourth-order valence-electron chi connectivity index (χ4n) is 3.17. The van der Waals surface area contributed by atoms with Crippen LogP contribution in [0.4, 0.5) is 0 Å². The first-order valence-electron chi connectivity index (χ1n) is 8.20. The molecule has 7 heteroatoms. The maximum Gasteiger partial charge on any atom is 0.208 e. The third-order valence-corrected chi connectivity index (χ3v) is 5.22. The van der Waals surface area contributed by atoms with Crippen LogP contribution >= 0.6 is 0 Å². The number of likely N-dealkylation sites (tertiary alicyclic amines) is 1. The van der Waals surface area contributed by atoms with Crippen LogP contribution < -0.4 is 4.72 Å². The maximum atomic E-state index is 11.3. The lowest BCUT2D eigenvalue weighted by Crippen LogP contribution is -2.44. The maximum absolute atomic E-state index is 11.3. The van der Waals surface area contributed by atoms with E-state index < -0.39 is 10.0 Å². The Hall–Kier alpha value is -1.70. The Morgan fingerprint density at radius 2 is 2.04 bits per heavy atom. The molecule has 1 aromatic heterocycles. The quantitative estimate of drug-likeness (QED) is 0.893. The van der Waals surface area contributed by atoms with E-state index in [-0.39, 0.29) is 6.04 Å². The molecule has 0 atom stereocenters. The summed E-state index contributed by atoms with van der Waals surface area (Å²) < 4.78 is 27.2. The lowest BCUT2D eigenvalue weighted by Gasteiger charge is -2.32. The van der Waals surface area contributed by atoms with Gasteiger partial charge in [0.15, 0.2) is 0 Å². The molecule has 1 fully saturated rings. The number of piperidine rings is 1. The molecule has 0 spiro atoms. The molecule has 0 radical (unpaired) electrons. The largest absolute Gasteiger partial charge is 0.299 e. The third-order valence-electron chi connectivity index (χ3n) is 4.46. The Balaban J connectivity index is 1.59. The predicted octanol–water partition coefficient (Wildman–Crippen LogP) is 1.69. The van der Waals surface area contributed by atoms with Crippen molar-refractivity contribution in [2.24, 2.45) is 0 Å². The lowest BCUT2D eigenvalue weighted by molar-refractivity contribution is 0.199. The molecule has 1 N–H and O–H groups in total. The van der Waals surface area contributed by atoms with Crippen LogP contribution in [0, 0.1) is 6.92 Å². The summed E-state index contributed by atoms with van der Waals surface area (Å²) in [6.45, 7) is 4.85. The molecule has 1 aliphatic heterocycles. The summed E-state index contributed by atoms with van der Waals surface area (Å²) in [6, 6.07) is 8.39. The van der Waals surface area contributed by atoms with Crippen LogP contribution in [0.3, 0.4) is 0 Å². The van der Waals surface area contributed by atoms with E-state index in [0.717, 1.165) is 38.2 Å². The van der Waals surface area contributed by atoms with Crippen molar-refractivity contribution in [1.82, 2.24) is 19.4 Å². The van der Waals surface area contributed by atoms with Crippen molar-refractivity contribution in [1.29, 1.82) is 0 Å². The summed E-state index contributed by atoms with van der Waals surface area (Å²) >= 11 is 0. The fraction of sp³-hybridized carbons (Fsp3) is 0.471. The van der Waals surface area contributed by atoms with Gasteiger partial charge in [-0.05, 0) is 49.1 Å². The van der Waals surface area contributed by atoms with Gasteiger partial charge in [-0.3, -0.25) is 4.90 Å². The molecular formula is C17H24N4O2S. The number of aryl methyl sites for hydroxylation is 1. The van der Waals surface area contributed by atoms with E-state index >= 15 is 0 Å². The molecule has 24 heavy (non-hydrogen) atoms. The number of aromatic nitrogens is 2. The highest BCUT2D eigenvalue weighted by atomic mass is 32.2. The Bertz CT molecular complexity index is 779. The highest BCUT2D eigenvalue weighted by Gasteiger charge is 2.21. The van der Waals surface area contributed by atoms with Crippen LogP contribution in [-0.2, 0) is 16.6 Å². The van der Waals surface area contributed by atoms with Gasteiger partial charge in [0.1, 0.15) is 0 Å². The normalized spacial score (nSPS) is 17.2. The SMILES string of the molecule is Cc1cc(-n2cccn2)ccc1CN1CCC(NS(C)(=O)=O)CC1. The summed E-state index contributed by atoms with van der Waals surface area (Å²) in [6.07, 6.45) is 6.66. The zero-order valence-corrected chi connectivity index (χ0v) is 15.0. The summed E-state index contributed by atoms with van der Waals surface area (Å²) in [7, 11) is -3.11. The van der Waals surface area contributed by atoms with Crippen molar-refractivity contribution in [3.05, 3.63) is 47.8 Å². The molecule has 2 heterocycles. The minimum atomic E-state index is -3.11. The Kier molecular flexibility index (Phi) is 5.03. The van der Waals surface area contributed by atoms with E-state index in [9.17, 15) is 8.42 Å². The van der Waals surface area contributed by atoms with Gasteiger partial charge in [0.25, 0.3) is 0 Å². The molecule has 2 aromatic rings. The minimum absolute atomic E-state index is 0.0690. The Labute approximate surface area is 143 Å². The van der Waals surface area contributed by atoms with E-state index in [2.05, 4.69) is 39.8 Å². The van der Waals surface area contributed by atoms with Crippen LogP contribution in [0.5, 0.6) is 0 Å². The predicted molar refractivity (Wildman–Crippen MR) is 94.6 cm³/mol. The van der Waals surface area contributed by atoms with E-state index in [1.807, 2.05) is 16.9 Å². The number of benzene rings is 1. The number of nitrogens with one attached hydrogen (secondary N) is 1. The van der Waals surface area contributed by atoms with E-state index in [0.29, 0.717) is 0 Å². The second kappa shape index (κ2) is 7.04. The number of rotatable bonds is 5. The van der Waals surface area contributed by atoms with Crippen molar-refractivity contribution in [3.8, 4) is 5.69 Å². The topological polar surface area (TPSA) is 67.2 Å². The van der Waals surface area contributed by atoms with Crippen molar-refractivity contribution >= 4 is 10.0 Å². The molecule has 1 aromatic carbocycles. The van der Waals surface area contributed by atoms with E-state index in [4.69, 9.17) is 0 Å². The van der Waals surface area contributed by atoms with Gasteiger partial charge in [0.2, 0.25) is 10.0 Å². The van der Waals surface area contributed by atoms with Gasteiger partial charge in [-0.2, -0.15) is 5.10 Å². The van der Waals surface area contributed by atoms with Crippen LogP contribution in [0.15, 0.2) is 36.7 Å². The second-order valence-electron chi connectivity index (χ2n) is 6.50. The average molecular weight is 348 g/mol. The van der Waals surface area contributed by atoms with Gasteiger partial charge in [-0.15, -0.1) is 0 Å². The highest BCUT2D eigenvalue weighted by Crippen LogP contribution is 2.19. The van der Waals surface area contributed by atoms with Gasteiger partial charge >= 0.3 is 0 Å². The van der Waals surface area contributed by atoms with Crippen molar-refractivity contribution in [2.45, 2.75) is 32.4 Å². The molecule has 0 unspecified atom stereocenters. The smallest absolute Gasteiger partial charge is 0.208 e. The summed E-state index contributed by atoms with van der Waals surface area (Å²) in [4.78, 5) is 2.39. The molecule has 6 nitrogen and oxygen atoms in total. The fourth-order valence-corrected chi connectivity index (χ4v) is 4.02. The average Bonchev–Trinajstić information content (AvgIpc) is 3.04. The monoisotopic (exact) mass is 348 g/mol. The zero-order chi connectivity index (χ0) is 17.2. The van der Waals surface area contributed by atoms with Gasteiger partial charge < -0.3 is 0 Å². The molecule has 130 valence electrons. The highest BCUT2D eigenvalue weighted by molar-refractivity contribution is 7.88. The molecule has 3 rings (SSSR count). The van der Waals surface area contributed by atoms with Gasteiger partial charge in [-0.1, -0.05) is 6.07 Å². The number of hydrogen-bond donors (Lipinski definition) is 1. The van der Waals surface area contributed by atoms with Gasteiger partial charge in [0, 0.05) is 38.1 Å². The van der Waals surface area contributed by atoms with E-state index in [1.54, 1.807) is 6.20 Å². The Morgan fingerprint density at radius 3 is 2.62 bits per heavy atom. The van der Waals surface area contributed by atoms with Crippen LogP contribution in [0.1, 0.15) is 24.0 Å². The first kappa shape index (κ1) is 17.1. The second-order valence-corrected chi connectivity index (χ2v) is 8.28. The zero-order valence-electron chi connectivity index (χ0n) is 14.1. The number of nitrogens with zero attached hydrogens (tertiary/aromatic N) is 3. The molecule has 0 aliphatic carbocycles. The first-order chi connectivity index (χ1) is 11.4.